The molecule has 1 aromatic rings. The first-order valence-electron chi connectivity index (χ1n) is 6.09. The molecule has 0 spiro atoms. The van der Waals surface area contributed by atoms with E-state index in [1.54, 1.807) is 0 Å². The Morgan fingerprint density at radius 2 is 1.75 bits per heavy atom. The molecule has 114 valence electrons. The number of hydrogen-bond acceptors (Lipinski definition) is 2. The normalized spacial score (nSPS) is 14.6. The smallest absolute Gasteiger partial charge is 0.214 e. The van der Waals surface area contributed by atoms with Gasteiger partial charge in [-0.15, -0.1) is 11.6 Å². The molecule has 0 saturated carbocycles. The Labute approximate surface area is 121 Å². The Morgan fingerprint density at radius 3 is 2.25 bits per heavy atom. The summed E-state index contributed by atoms with van der Waals surface area (Å²) in [4.78, 5) is -0.707. The summed E-state index contributed by atoms with van der Waals surface area (Å²) in [6.07, 6.45) is 0.688. The van der Waals surface area contributed by atoms with Crippen LogP contribution in [0, 0.1) is 5.92 Å². The van der Waals surface area contributed by atoms with E-state index < -0.39 is 25.6 Å². The summed E-state index contributed by atoms with van der Waals surface area (Å²) >= 11 is 6.07. The Kier molecular flexibility index (Phi) is 5.49. The van der Waals surface area contributed by atoms with Crippen LogP contribution >= 0.6 is 11.6 Å². The van der Waals surface area contributed by atoms with E-state index in [2.05, 4.69) is 0 Å². The third-order valence-corrected chi connectivity index (χ3v) is 4.65. The lowest BCUT2D eigenvalue weighted by atomic mass is 10.0. The van der Waals surface area contributed by atoms with Crippen LogP contribution in [0.5, 0.6) is 0 Å². The molecule has 0 N–H and O–H groups in total. The summed E-state index contributed by atoms with van der Waals surface area (Å²) in [5.74, 6) is 0.281. The third-order valence-electron chi connectivity index (χ3n) is 2.74. The second kappa shape index (κ2) is 6.35. The summed E-state index contributed by atoms with van der Waals surface area (Å²) < 4.78 is 60.9. The molecular weight excluding hydrogens is 313 g/mol. The van der Waals surface area contributed by atoms with Gasteiger partial charge in [0, 0.05) is 5.38 Å². The van der Waals surface area contributed by atoms with Gasteiger partial charge in [-0.1, -0.05) is 32.0 Å². The van der Waals surface area contributed by atoms with Crippen LogP contribution in [0.1, 0.15) is 25.8 Å². The molecule has 1 aromatic carbocycles. The largest absolute Gasteiger partial charge is 0.501 e. The Hall–Kier alpha value is -0.750. The van der Waals surface area contributed by atoms with Crippen LogP contribution in [0.2, 0.25) is 0 Å². The van der Waals surface area contributed by atoms with Gasteiger partial charge in [-0.25, -0.2) is 8.42 Å². The molecule has 0 bridgehead atoms. The Morgan fingerprint density at radius 1 is 1.20 bits per heavy atom. The van der Waals surface area contributed by atoms with Gasteiger partial charge in [0.15, 0.2) is 0 Å². The quantitative estimate of drug-likeness (QED) is 0.760. The molecule has 0 radical (unpaired) electrons. The van der Waals surface area contributed by atoms with Crippen LogP contribution in [0.4, 0.5) is 13.2 Å². The number of rotatable bonds is 5. The zero-order valence-corrected chi connectivity index (χ0v) is 12.7. The minimum atomic E-state index is -5.34. The lowest BCUT2D eigenvalue weighted by molar-refractivity contribution is -0.0436. The van der Waals surface area contributed by atoms with Gasteiger partial charge in [0.2, 0.25) is 0 Å². The maximum Gasteiger partial charge on any atom is 0.501 e. The van der Waals surface area contributed by atoms with Crippen molar-refractivity contribution in [3.8, 4) is 0 Å². The van der Waals surface area contributed by atoms with Crippen LogP contribution in [0.15, 0.2) is 29.2 Å². The van der Waals surface area contributed by atoms with Crippen molar-refractivity contribution in [3.05, 3.63) is 29.8 Å². The zero-order valence-electron chi connectivity index (χ0n) is 11.1. The molecule has 0 heterocycles. The van der Waals surface area contributed by atoms with Crippen LogP contribution in [-0.2, 0) is 16.3 Å². The Bertz CT molecular complexity index is 553. The van der Waals surface area contributed by atoms with Crippen LogP contribution in [0.3, 0.4) is 0 Å². The summed E-state index contributed by atoms with van der Waals surface area (Å²) in [6, 6.07) is 5.11. The number of alkyl halides is 4. The Balaban J connectivity index is 3.13. The van der Waals surface area contributed by atoms with Crippen LogP contribution in [0.25, 0.3) is 0 Å². The fourth-order valence-electron chi connectivity index (χ4n) is 1.89. The predicted molar refractivity (Wildman–Crippen MR) is 72.5 cm³/mol. The zero-order chi connectivity index (χ0) is 15.6. The lowest BCUT2D eigenvalue weighted by Crippen LogP contribution is -2.25. The van der Waals surface area contributed by atoms with E-state index in [9.17, 15) is 21.6 Å². The van der Waals surface area contributed by atoms with E-state index in [1.165, 1.54) is 18.2 Å². The van der Waals surface area contributed by atoms with Gasteiger partial charge in [-0.2, -0.15) is 13.2 Å². The maximum absolute atomic E-state index is 12.6. The molecule has 1 atom stereocenters. The lowest BCUT2D eigenvalue weighted by Gasteiger charge is -2.16. The second-order valence-electron chi connectivity index (χ2n) is 4.99. The molecule has 0 amide bonds. The minimum Gasteiger partial charge on any atom is -0.214 e. The molecule has 20 heavy (non-hydrogen) atoms. The van der Waals surface area contributed by atoms with Crippen molar-refractivity contribution >= 4 is 21.4 Å². The highest BCUT2D eigenvalue weighted by Crippen LogP contribution is 2.33. The summed E-state index contributed by atoms with van der Waals surface area (Å²) in [5.41, 5.74) is -5.20. The average Bonchev–Trinajstić information content (AvgIpc) is 2.26. The SMILES string of the molecule is CC(C)CC(Cl)Cc1ccccc1S(=O)(=O)C(F)(F)F. The van der Waals surface area contributed by atoms with E-state index in [4.69, 9.17) is 11.6 Å². The summed E-state index contributed by atoms with van der Waals surface area (Å²) in [5, 5.41) is -0.403. The van der Waals surface area contributed by atoms with E-state index >= 15 is 0 Å². The average molecular weight is 329 g/mol. The molecule has 1 unspecified atom stereocenters. The molecular formula is C13H16ClF3O2S. The first-order chi connectivity index (χ1) is 9.05. The van der Waals surface area contributed by atoms with Crippen molar-refractivity contribution in [2.45, 2.75) is 42.5 Å². The third kappa shape index (κ3) is 4.12. The van der Waals surface area contributed by atoms with Crippen LogP contribution in [-0.4, -0.2) is 19.3 Å². The topological polar surface area (TPSA) is 34.1 Å². The highest BCUT2D eigenvalue weighted by Gasteiger charge is 2.47. The van der Waals surface area contributed by atoms with Crippen LogP contribution < -0.4 is 0 Å². The number of hydrogen-bond donors (Lipinski definition) is 0. The number of sulfone groups is 1. The van der Waals surface area contributed by atoms with Gasteiger partial charge in [0.1, 0.15) is 0 Å². The van der Waals surface area contributed by atoms with Gasteiger partial charge in [0.05, 0.1) is 4.90 Å². The predicted octanol–water partition coefficient (Wildman–Crippen LogP) is 4.18. The fourth-order valence-corrected chi connectivity index (χ4v) is 3.42. The molecule has 2 nitrogen and oxygen atoms in total. The first-order valence-corrected chi connectivity index (χ1v) is 8.01. The number of halogens is 4. The van der Waals surface area contributed by atoms with Crippen molar-refractivity contribution < 1.29 is 21.6 Å². The van der Waals surface area contributed by atoms with Crippen molar-refractivity contribution in [1.82, 2.24) is 0 Å². The molecule has 0 aliphatic carbocycles. The van der Waals surface area contributed by atoms with Gasteiger partial charge in [-0.3, -0.25) is 0 Å². The first kappa shape index (κ1) is 17.3. The summed E-state index contributed by atoms with van der Waals surface area (Å²) in [7, 11) is -5.34. The van der Waals surface area contributed by atoms with Gasteiger partial charge < -0.3 is 0 Å². The van der Waals surface area contributed by atoms with E-state index in [0.717, 1.165) is 6.07 Å². The van der Waals surface area contributed by atoms with E-state index in [-0.39, 0.29) is 17.9 Å². The maximum atomic E-state index is 12.6. The van der Waals surface area contributed by atoms with Crippen molar-refractivity contribution in [2.75, 3.05) is 0 Å². The van der Waals surface area contributed by atoms with E-state index in [0.29, 0.717) is 6.42 Å². The fraction of sp³-hybridized carbons (Fsp3) is 0.538. The van der Waals surface area contributed by atoms with Gasteiger partial charge >= 0.3 is 5.51 Å². The molecule has 0 aromatic heterocycles. The minimum absolute atomic E-state index is 0.0885. The molecule has 0 aliphatic rings. The molecule has 0 saturated heterocycles. The molecule has 0 aliphatic heterocycles. The van der Waals surface area contributed by atoms with Gasteiger partial charge in [-0.05, 0) is 30.4 Å². The van der Waals surface area contributed by atoms with Gasteiger partial charge in [0.25, 0.3) is 9.84 Å². The highest BCUT2D eigenvalue weighted by molar-refractivity contribution is 7.92. The van der Waals surface area contributed by atoms with Crippen molar-refractivity contribution in [2.24, 2.45) is 5.92 Å². The van der Waals surface area contributed by atoms with Crippen molar-refractivity contribution in [1.29, 1.82) is 0 Å². The number of benzene rings is 1. The summed E-state index contributed by atoms with van der Waals surface area (Å²) in [6.45, 7) is 3.88. The molecule has 0 fully saturated rings. The molecule has 7 heteroatoms. The van der Waals surface area contributed by atoms with Crippen molar-refractivity contribution in [3.63, 3.8) is 0 Å². The highest BCUT2D eigenvalue weighted by atomic mass is 35.5. The standard InChI is InChI=1S/C13H16ClF3O2S/c1-9(2)7-11(14)8-10-5-3-4-6-12(10)20(18,19)13(15,16)17/h3-6,9,11H,7-8H2,1-2H3. The molecule has 1 rings (SSSR count). The van der Waals surface area contributed by atoms with E-state index in [1.807, 2.05) is 13.8 Å². The second-order valence-corrected chi connectivity index (χ2v) is 7.51. The monoisotopic (exact) mass is 328 g/mol.